The summed E-state index contributed by atoms with van der Waals surface area (Å²) in [5, 5.41) is 112. The summed E-state index contributed by atoms with van der Waals surface area (Å²) in [6.07, 6.45) is -4.15. The summed E-state index contributed by atoms with van der Waals surface area (Å²) in [7, 11) is 0. The lowest BCUT2D eigenvalue weighted by atomic mass is 10.0. The Bertz CT molecular complexity index is 5300. The van der Waals surface area contributed by atoms with Crippen LogP contribution in [-0.4, -0.2) is 313 Å². The average molecular weight is 2000 g/mol. The van der Waals surface area contributed by atoms with Crippen molar-refractivity contribution in [1.29, 1.82) is 5.41 Å². The van der Waals surface area contributed by atoms with Crippen LogP contribution in [0.3, 0.4) is 0 Å². The number of amides is 19. The van der Waals surface area contributed by atoms with E-state index < -0.39 is 284 Å². The summed E-state index contributed by atoms with van der Waals surface area (Å²) in [6, 6.07) is -6.23. The second-order valence-electron chi connectivity index (χ2n) is 34.5. The number of nitrogens with two attached hydrogens (primary N) is 5. The third-order valence-corrected chi connectivity index (χ3v) is 21.8. The van der Waals surface area contributed by atoms with Gasteiger partial charge in [-0.1, -0.05) is 76.2 Å². The number of aromatic hydroxyl groups is 1. The number of aliphatic carboxylic acids is 2. The van der Waals surface area contributed by atoms with E-state index in [1.165, 1.54) is 52.0 Å². The second kappa shape index (κ2) is 57.8. The molecule has 778 valence electrons. The Morgan fingerprint density at radius 1 is 0.387 bits per heavy atom. The summed E-state index contributed by atoms with van der Waals surface area (Å²) in [6.45, 7) is 7.55. The van der Waals surface area contributed by atoms with Crippen molar-refractivity contribution < 1.29 is 131 Å². The number of guanidine groups is 1. The van der Waals surface area contributed by atoms with Crippen LogP contribution in [0.15, 0.2) is 85.2 Å². The Kier molecular flexibility index (Phi) is 47.6. The number of primary amides is 2. The van der Waals surface area contributed by atoms with Gasteiger partial charge in [-0.2, -0.15) is 0 Å². The number of phenols is 1. The molecule has 3 aromatic carbocycles. The highest BCUT2D eigenvalue weighted by Gasteiger charge is 2.40. The van der Waals surface area contributed by atoms with Crippen LogP contribution in [-0.2, 0) is 120 Å². The van der Waals surface area contributed by atoms with Crippen molar-refractivity contribution in [2.45, 2.75) is 235 Å². The molecular weight excluding hydrogens is 1870 g/mol. The molecule has 37 N–H and O–H groups in total. The minimum Gasteiger partial charge on any atom is -0.508 e. The number of para-hydroxylation sites is 2. The van der Waals surface area contributed by atoms with Gasteiger partial charge in [0.25, 0.3) is 0 Å². The molecule has 0 fully saturated rings. The number of benzene rings is 3. The monoisotopic (exact) mass is 1990 g/mol. The Hall–Kier alpha value is -15.5. The number of carbonyl (C=O) groups excluding carboxylic acids is 19. The number of nitrogens with one attached hydrogen (secondary N) is 21. The molecule has 5 rings (SSSR count). The van der Waals surface area contributed by atoms with E-state index in [1.54, 1.807) is 74.8 Å². The summed E-state index contributed by atoms with van der Waals surface area (Å²) in [5.41, 5.74) is 30.2. The van der Waals surface area contributed by atoms with Crippen molar-refractivity contribution in [2.75, 3.05) is 39.3 Å². The minimum absolute atomic E-state index is 0.0414. The van der Waals surface area contributed by atoms with Crippen molar-refractivity contribution in [3.63, 3.8) is 0 Å². The summed E-state index contributed by atoms with van der Waals surface area (Å²) < 4.78 is 0. The fourth-order valence-electron chi connectivity index (χ4n) is 14.2. The van der Waals surface area contributed by atoms with E-state index in [2.05, 4.69) is 106 Å². The van der Waals surface area contributed by atoms with E-state index >= 15 is 0 Å². The van der Waals surface area contributed by atoms with Crippen LogP contribution in [0, 0.1) is 17.2 Å². The van der Waals surface area contributed by atoms with Gasteiger partial charge in [-0.25, -0.2) is 4.79 Å². The Morgan fingerprint density at radius 3 is 1.24 bits per heavy atom. The highest BCUT2D eigenvalue weighted by molar-refractivity contribution is 6.03. The third kappa shape index (κ3) is 39.4. The highest BCUT2D eigenvalue weighted by Crippen LogP contribution is 2.23. The van der Waals surface area contributed by atoms with Crippen molar-refractivity contribution >= 4 is 152 Å². The predicted molar refractivity (Wildman–Crippen MR) is 506 cm³/mol. The number of aromatic amines is 2. The zero-order valence-electron chi connectivity index (χ0n) is 79.4. The molecule has 2 heterocycles. The number of aromatic nitrogens is 2. The molecule has 19 amide bonds. The lowest BCUT2D eigenvalue weighted by Gasteiger charge is -2.29. The van der Waals surface area contributed by atoms with Crippen LogP contribution in [0.5, 0.6) is 5.75 Å². The second-order valence-corrected chi connectivity index (χ2v) is 34.5. The van der Waals surface area contributed by atoms with Gasteiger partial charge in [0.05, 0.1) is 63.8 Å². The number of aliphatic hydroxyl groups is 3. The number of fused-ring (bicyclic) bond motifs is 2. The summed E-state index contributed by atoms with van der Waals surface area (Å²) in [4.78, 5) is 291. The summed E-state index contributed by atoms with van der Waals surface area (Å²) >= 11 is 0. The molecular formula is C89H130N26O27. The number of aliphatic hydroxyl groups excluding tert-OH is 3. The predicted octanol–water partition coefficient (Wildman–Crippen LogP) is -9.96. The molecule has 53 heteroatoms. The number of carboxylic acids is 2. The van der Waals surface area contributed by atoms with Crippen molar-refractivity contribution in [3.05, 3.63) is 102 Å². The molecule has 0 aliphatic carbocycles. The first-order valence-corrected chi connectivity index (χ1v) is 45.4. The van der Waals surface area contributed by atoms with Gasteiger partial charge < -0.3 is 165 Å². The maximum Gasteiger partial charge on any atom is 0.326 e. The van der Waals surface area contributed by atoms with Gasteiger partial charge in [0.2, 0.25) is 112 Å². The van der Waals surface area contributed by atoms with Crippen LogP contribution in [0.4, 0.5) is 0 Å². The van der Waals surface area contributed by atoms with Crippen molar-refractivity contribution in [3.8, 4) is 5.75 Å². The van der Waals surface area contributed by atoms with Gasteiger partial charge in [-0.15, -0.1) is 0 Å². The fourth-order valence-corrected chi connectivity index (χ4v) is 14.2. The van der Waals surface area contributed by atoms with Gasteiger partial charge in [0, 0.05) is 60.0 Å². The molecule has 0 aliphatic rings. The Labute approximate surface area is 813 Å². The van der Waals surface area contributed by atoms with E-state index in [9.17, 15) is 126 Å². The van der Waals surface area contributed by atoms with Gasteiger partial charge in [0.15, 0.2) is 5.96 Å². The van der Waals surface area contributed by atoms with Crippen molar-refractivity contribution in [1.82, 2.24) is 106 Å². The Morgan fingerprint density at radius 2 is 0.775 bits per heavy atom. The average Bonchev–Trinajstić information content (AvgIpc) is 1.69. The fraction of sp³-hybridized carbons (Fsp3) is 0.506. The number of rotatable bonds is 61. The van der Waals surface area contributed by atoms with Gasteiger partial charge in [-0.3, -0.25) is 101 Å². The number of unbranched alkanes of at least 4 members (excludes halogenated alkanes) is 1. The first-order valence-electron chi connectivity index (χ1n) is 45.4. The molecule has 0 spiro atoms. The number of hydrogen-bond donors (Lipinski definition) is 32. The molecule has 5 aromatic rings. The highest BCUT2D eigenvalue weighted by atomic mass is 16.4. The molecule has 0 saturated carbocycles. The maximum atomic E-state index is 15.0. The van der Waals surface area contributed by atoms with Crippen LogP contribution < -0.4 is 124 Å². The molecule has 0 aliphatic heterocycles. The van der Waals surface area contributed by atoms with Crippen LogP contribution >= 0.6 is 0 Å². The molecule has 53 nitrogen and oxygen atoms in total. The van der Waals surface area contributed by atoms with E-state index in [4.69, 9.17) is 39.2 Å². The molecule has 0 bridgehead atoms. The molecule has 0 radical (unpaired) electrons. The molecule has 142 heavy (non-hydrogen) atoms. The van der Waals surface area contributed by atoms with Gasteiger partial charge in [-0.05, 0) is 126 Å². The number of carboxylic acid groups (broad SMARTS) is 2. The zero-order chi connectivity index (χ0) is 106. The SMILES string of the molecule is CC(C)C[C@H](NC(=O)[C@H](C)NC(=O)[C@@H](NC(=O)CNC(=O)[C@H](CO)NC(=O)CNC(=O)[C@@H](N)CC(=O)O)[C@@H](C)O)C(=O)NCC(=O)N[C@@H](Cc1c[nH]c2ccccc12)C(=O)N[C@H](C(=O)N[C@H](C(=O)N[C@@H](C)C(=O)N[C@@H](Cc1c[nH]c2ccccc12)C(=O)N[C@@H](CCCCN)C(=O)N[C@@H](CC(N)=O)C(=O)N[C@@H](CC(N)=O)C(=O)N[C@@H](Cc1ccc(O)cc1)C(=O)N[C@@H](CCCNC(=N)N)C(=O)O)C(C)C)[C@@H](C)O. The zero-order valence-corrected chi connectivity index (χ0v) is 79.4. The third-order valence-electron chi connectivity index (χ3n) is 21.8. The molecule has 2 aromatic heterocycles. The number of hydrogen-bond acceptors (Lipinski definition) is 28. The number of phenolic OH excluding ortho intramolecular Hbond substituents is 1. The van der Waals surface area contributed by atoms with E-state index in [-0.39, 0.29) is 82.5 Å². The lowest BCUT2D eigenvalue weighted by molar-refractivity contribution is -0.142. The van der Waals surface area contributed by atoms with E-state index in [1.807, 2.05) is 0 Å². The van der Waals surface area contributed by atoms with Crippen LogP contribution in [0.25, 0.3) is 21.8 Å². The summed E-state index contributed by atoms with van der Waals surface area (Å²) in [5.74, 6) is -25.5. The normalized spacial score (nSPS) is 14.8. The topological polar surface area (TPSA) is 882 Å². The standard InChI is InChI=1S/C89H130N26O27/c1-41(2)28-58(108-74(127)44(6)103-86(139)72(45(7)117)113-69(124)39-101-78(131)64(40-116)105-68(123)37-99-76(129)53(91)32-70(125)126)77(130)100-38-67(122)104-60(30-48-35-97-54-18-11-9-16-51(48)54)84(137)115-73(46(8)118)87(140)114-71(42(3)4)85(138)102-43(5)75(128)109-61(31-49-36-98-55-19-12-10-17-52(49)55)81(134)106-56(20-13-14-26-90)79(132)111-62(33-65(92)120)83(136)112-63(34-66(93)121)82(135)110-59(29-47-22-24-50(119)25-23-47)80(133)107-57(88(141)142)21-15-27-96-89(94)95/h9-12,16-19,22-25,35-36,41-46,53,56-64,71-73,97-98,116-119H,13-15,20-21,26-34,37-40,90-91H2,1-8H3,(H2,92,120)(H2,93,121)(H,99,129)(H,100,130)(H,101,131)(H,102,138)(H,103,139)(H,104,122)(H,105,123)(H,106,134)(H,107,133)(H,108,127)(H,109,128)(H,110,135)(H,111,132)(H,112,136)(H,113,124)(H,114,140)(H,115,137)(H,125,126)(H,141,142)(H4,94,95,96)/t43-,44-,45+,46+,53-,56-,57-,58-,59-,60-,61-,62-,63-,64-,71-,72-,73-/m0/s1. The van der Waals surface area contributed by atoms with E-state index in [0.29, 0.717) is 38.5 Å². The molecule has 17 atom stereocenters. The Balaban J connectivity index is 1.30. The van der Waals surface area contributed by atoms with E-state index in [0.717, 1.165) is 13.8 Å². The first-order chi connectivity index (χ1) is 66.9. The quantitative estimate of drug-likeness (QED) is 0.00976. The lowest BCUT2D eigenvalue weighted by Crippen LogP contribution is -2.62. The minimum atomic E-state index is -2.01. The maximum absolute atomic E-state index is 15.0. The van der Waals surface area contributed by atoms with Crippen LogP contribution in [0.2, 0.25) is 0 Å². The molecule has 0 unspecified atom stereocenters. The van der Waals surface area contributed by atoms with Gasteiger partial charge >= 0.3 is 11.9 Å². The number of carbonyl (C=O) groups is 21. The number of H-pyrrole nitrogens is 2. The molecule has 0 saturated heterocycles. The smallest absolute Gasteiger partial charge is 0.326 e. The largest absolute Gasteiger partial charge is 0.508 e. The van der Waals surface area contributed by atoms with Crippen molar-refractivity contribution in [2.24, 2.45) is 40.5 Å². The van der Waals surface area contributed by atoms with Crippen LogP contribution in [0.1, 0.15) is 130 Å². The first kappa shape index (κ1) is 117. The van der Waals surface area contributed by atoms with Gasteiger partial charge in [0.1, 0.15) is 90.3 Å².